The molecule has 0 unspecified atom stereocenters. The van der Waals surface area contributed by atoms with Crippen molar-refractivity contribution in [1.29, 1.82) is 5.26 Å². The van der Waals surface area contributed by atoms with Gasteiger partial charge in [-0.3, -0.25) is 9.36 Å². The van der Waals surface area contributed by atoms with Crippen LogP contribution in [0.25, 0.3) is 21.7 Å². The number of anilines is 2. The van der Waals surface area contributed by atoms with Gasteiger partial charge in [0.05, 0.1) is 41.0 Å². The van der Waals surface area contributed by atoms with Gasteiger partial charge in [-0.15, -0.1) is 0 Å². The fraction of sp³-hybridized carbons (Fsp3) is 0.345. The minimum Gasteiger partial charge on any atom is -0.391 e. The molecule has 2 atom stereocenters. The highest BCUT2D eigenvalue weighted by molar-refractivity contribution is 6.11. The van der Waals surface area contributed by atoms with Crippen LogP contribution in [0.3, 0.4) is 0 Å². The summed E-state index contributed by atoms with van der Waals surface area (Å²) in [5.41, 5.74) is 3.49. The number of hydrogen-bond acceptors (Lipinski definition) is 6. The summed E-state index contributed by atoms with van der Waals surface area (Å²) in [5, 5.41) is 22.3. The molecule has 0 amide bonds. The maximum absolute atomic E-state index is 13.7. The Hall–Kier alpha value is -3.89. The Morgan fingerprint density at radius 2 is 1.58 bits per heavy atom. The van der Waals surface area contributed by atoms with Crippen LogP contribution in [0.15, 0.2) is 65.7 Å². The molecule has 0 radical (unpaired) electrons. The minimum atomic E-state index is -0.508. The lowest BCUT2D eigenvalue weighted by Crippen LogP contribution is -2.46. The standard InChI is InChI=1S/C29H29N5O2/c30-18-20-9-11-21(12-10-20)32-13-15-33(16-14-32)26-17-24-28(23-6-2-1-5-22(23)26)31-19-34(29(24)36)25-7-3-4-8-27(25)35/h1-2,5-6,9-12,17,19,25,27,35H,3-4,7-8,13-16H2/t25-,27-/m0/s1. The minimum absolute atomic E-state index is 0.0748. The van der Waals surface area contributed by atoms with Crippen molar-refractivity contribution in [2.45, 2.75) is 37.8 Å². The van der Waals surface area contributed by atoms with Crippen LogP contribution in [0.5, 0.6) is 0 Å². The van der Waals surface area contributed by atoms with E-state index in [0.29, 0.717) is 10.9 Å². The first-order chi connectivity index (χ1) is 17.6. The second kappa shape index (κ2) is 9.29. The van der Waals surface area contributed by atoms with Crippen LogP contribution in [0.1, 0.15) is 37.3 Å². The molecule has 2 aliphatic rings. The molecule has 1 N–H and O–H groups in total. The fourth-order valence-electron chi connectivity index (χ4n) is 5.82. The van der Waals surface area contributed by atoms with Gasteiger partial charge in [0.1, 0.15) is 0 Å². The third-order valence-electron chi connectivity index (χ3n) is 7.80. The molecule has 2 heterocycles. The molecule has 0 spiro atoms. The number of nitrogens with zero attached hydrogens (tertiary/aromatic N) is 5. The van der Waals surface area contributed by atoms with Gasteiger partial charge in [-0.2, -0.15) is 5.26 Å². The van der Waals surface area contributed by atoms with Crippen molar-refractivity contribution in [3.63, 3.8) is 0 Å². The van der Waals surface area contributed by atoms with E-state index in [2.05, 4.69) is 21.9 Å². The van der Waals surface area contributed by atoms with Crippen LogP contribution in [0.2, 0.25) is 0 Å². The molecular formula is C29H29N5O2. The molecule has 3 aromatic carbocycles. The third-order valence-corrected chi connectivity index (χ3v) is 7.80. The molecule has 182 valence electrons. The molecular weight excluding hydrogens is 450 g/mol. The molecule has 7 heteroatoms. The van der Waals surface area contributed by atoms with E-state index in [1.54, 1.807) is 10.9 Å². The smallest absolute Gasteiger partial charge is 0.261 e. The van der Waals surface area contributed by atoms with Crippen molar-refractivity contribution in [3.8, 4) is 6.07 Å². The zero-order valence-corrected chi connectivity index (χ0v) is 20.2. The van der Waals surface area contributed by atoms with Crippen LogP contribution >= 0.6 is 0 Å². The van der Waals surface area contributed by atoms with E-state index in [9.17, 15) is 9.90 Å². The Morgan fingerprint density at radius 3 is 2.31 bits per heavy atom. The van der Waals surface area contributed by atoms with Crippen LogP contribution < -0.4 is 15.4 Å². The van der Waals surface area contributed by atoms with Crippen molar-refractivity contribution in [1.82, 2.24) is 9.55 Å². The fourth-order valence-corrected chi connectivity index (χ4v) is 5.82. The quantitative estimate of drug-likeness (QED) is 0.443. The first kappa shape index (κ1) is 22.6. The number of fused-ring (bicyclic) bond motifs is 3. The number of benzene rings is 3. The first-order valence-electron chi connectivity index (χ1n) is 12.7. The van der Waals surface area contributed by atoms with Gasteiger partial charge < -0.3 is 14.9 Å². The van der Waals surface area contributed by atoms with Gasteiger partial charge in [0.2, 0.25) is 0 Å². The van der Waals surface area contributed by atoms with Gasteiger partial charge in [0.15, 0.2) is 0 Å². The Bertz CT molecular complexity index is 1510. The van der Waals surface area contributed by atoms with Gasteiger partial charge in [0, 0.05) is 48.3 Å². The summed E-state index contributed by atoms with van der Waals surface area (Å²) in [6, 6.07) is 19.9. The highest BCUT2D eigenvalue weighted by Crippen LogP contribution is 2.34. The Balaban J connectivity index is 1.37. The highest BCUT2D eigenvalue weighted by atomic mass is 16.3. The van der Waals surface area contributed by atoms with Crippen LogP contribution in [0, 0.1) is 11.3 Å². The van der Waals surface area contributed by atoms with Crippen molar-refractivity contribution in [3.05, 3.63) is 76.8 Å². The summed E-state index contributed by atoms with van der Waals surface area (Å²) in [5.74, 6) is 0. The lowest BCUT2D eigenvalue weighted by molar-refractivity contribution is 0.0735. The number of aliphatic hydroxyl groups excluding tert-OH is 1. The largest absolute Gasteiger partial charge is 0.391 e. The van der Waals surface area contributed by atoms with E-state index in [4.69, 9.17) is 10.2 Å². The van der Waals surface area contributed by atoms with E-state index >= 15 is 0 Å². The molecule has 2 fully saturated rings. The lowest BCUT2D eigenvalue weighted by atomic mass is 9.92. The van der Waals surface area contributed by atoms with Crippen molar-refractivity contribution >= 4 is 33.1 Å². The number of piperazine rings is 1. The first-order valence-corrected chi connectivity index (χ1v) is 12.7. The molecule has 36 heavy (non-hydrogen) atoms. The van der Waals surface area contributed by atoms with E-state index in [1.807, 2.05) is 48.5 Å². The summed E-state index contributed by atoms with van der Waals surface area (Å²) in [6.07, 6.45) is 4.65. The van der Waals surface area contributed by atoms with Gasteiger partial charge in [-0.25, -0.2) is 4.98 Å². The highest BCUT2D eigenvalue weighted by Gasteiger charge is 2.27. The summed E-state index contributed by atoms with van der Waals surface area (Å²) in [6.45, 7) is 3.35. The third kappa shape index (κ3) is 3.88. The average molecular weight is 480 g/mol. The van der Waals surface area contributed by atoms with Crippen molar-refractivity contribution < 1.29 is 5.11 Å². The molecule has 1 saturated carbocycles. The van der Waals surface area contributed by atoms with E-state index in [1.165, 1.54) is 0 Å². The predicted molar refractivity (Wildman–Crippen MR) is 143 cm³/mol. The average Bonchev–Trinajstić information content (AvgIpc) is 2.94. The summed E-state index contributed by atoms with van der Waals surface area (Å²) in [7, 11) is 0. The number of hydrogen-bond donors (Lipinski definition) is 1. The molecule has 6 rings (SSSR count). The maximum Gasteiger partial charge on any atom is 0.261 e. The van der Waals surface area contributed by atoms with Gasteiger partial charge in [-0.1, -0.05) is 37.1 Å². The van der Waals surface area contributed by atoms with E-state index in [-0.39, 0.29) is 11.6 Å². The number of rotatable bonds is 3. The van der Waals surface area contributed by atoms with Crippen LogP contribution in [0.4, 0.5) is 11.4 Å². The Morgan fingerprint density at radius 1 is 0.889 bits per heavy atom. The van der Waals surface area contributed by atoms with Gasteiger partial charge in [0.25, 0.3) is 5.56 Å². The molecule has 1 saturated heterocycles. The zero-order valence-electron chi connectivity index (χ0n) is 20.2. The topological polar surface area (TPSA) is 85.4 Å². The van der Waals surface area contributed by atoms with Crippen molar-refractivity contribution in [2.24, 2.45) is 0 Å². The van der Waals surface area contributed by atoms with E-state index < -0.39 is 6.10 Å². The van der Waals surface area contributed by atoms with Gasteiger partial charge in [-0.05, 0) is 43.2 Å². The zero-order chi connectivity index (χ0) is 24.6. The van der Waals surface area contributed by atoms with E-state index in [0.717, 1.165) is 79.5 Å². The van der Waals surface area contributed by atoms with Crippen LogP contribution in [-0.4, -0.2) is 46.9 Å². The Labute approximate surface area is 209 Å². The molecule has 0 bridgehead atoms. The number of aromatic nitrogens is 2. The second-order valence-electron chi connectivity index (χ2n) is 9.85. The normalized spacial score (nSPS) is 20.6. The monoisotopic (exact) mass is 479 g/mol. The van der Waals surface area contributed by atoms with Crippen LogP contribution in [-0.2, 0) is 0 Å². The Kier molecular flexibility index (Phi) is 5.82. The van der Waals surface area contributed by atoms with Crippen molar-refractivity contribution in [2.75, 3.05) is 36.0 Å². The van der Waals surface area contributed by atoms with Gasteiger partial charge >= 0.3 is 0 Å². The molecule has 1 aliphatic heterocycles. The molecule has 4 aromatic rings. The number of nitriles is 1. The maximum atomic E-state index is 13.7. The molecule has 1 aromatic heterocycles. The molecule has 7 nitrogen and oxygen atoms in total. The number of aliphatic hydroxyl groups is 1. The lowest BCUT2D eigenvalue weighted by Gasteiger charge is -2.38. The second-order valence-corrected chi connectivity index (χ2v) is 9.85. The SMILES string of the molecule is N#Cc1ccc(N2CCN(c3cc4c(=O)n([C@H]5CCCC[C@@H]5O)cnc4c4ccccc34)CC2)cc1. The summed E-state index contributed by atoms with van der Waals surface area (Å²) < 4.78 is 1.66. The summed E-state index contributed by atoms with van der Waals surface area (Å²) >= 11 is 0. The predicted octanol–water partition coefficient (Wildman–Crippen LogP) is 4.22. The molecule has 1 aliphatic carbocycles. The summed E-state index contributed by atoms with van der Waals surface area (Å²) in [4.78, 5) is 23.1.